The van der Waals surface area contributed by atoms with Crippen molar-refractivity contribution in [1.29, 1.82) is 0 Å². The monoisotopic (exact) mass is 160 g/mol. The van der Waals surface area contributed by atoms with Gasteiger partial charge < -0.3 is 15.4 Å². The molecule has 0 fully saturated rings. The summed E-state index contributed by atoms with van der Waals surface area (Å²) in [4.78, 5) is 12.2. The van der Waals surface area contributed by atoms with Crippen molar-refractivity contribution in [3.8, 4) is 0 Å². The molecule has 0 unspecified atom stereocenters. The Morgan fingerprint density at radius 2 is 2.18 bits per heavy atom. The van der Waals surface area contributed by atoms with Crippen LogP contribution in [0.25, 0.3) is 0 Å². The summed E-state index contributed by atoms with van der Waals surface area (Å²) in [5, 5.41) is 0. The predicted octanol–water partition coefficient (Wildman–Crippen LogP) is 0.424. The average Bonchev–Trinajstić information content (AvgIpc) is 1.97. The highest BCUT2D eigenvalue weighted by molar-refractivity contribution is 5.71. The molecule has 0 rings (SSSR count). The lowest BCUT2D eigenvalue weighted by molar-refractivity contribution is 0.122. The molecule has 0 aromatic heterocycles. The van der Waals surface area contributed by atoms with Gasteiger partial charge in [-0.3, -0.25) is 0 Å². The number of rotatable bonds is 5. The molecule has 0 saturated heterocycles. The normalized spacial score (nSPS) is 9.64. The number of likely N-dealkylation sites (N-methyl/N-ethyl adjacent to an activating group) is 1. The fourth-order valence-electron chi connectivity index (χ4n) is 0.743. The van der Waals surface area contributed by atoms with Gasteiger partial charge in [-0.1, -0.05) is 0 Å². The Labute approximate surface area is 67.3 Å². The molecule has 0 bridgehead atoms. The number of amides is 2. The summed E-state index contributed by atoms with van der Waals surface area (Å²) in [6, 6.07) is -0.382. The SMILES string of the molecule is CCOCCN(CC)C(N)=O. The van der Waals surface area contributed by atoms with Gasteiger partial charge in [-0.25, -0.2) is 4.79 Å². The van der Waals surface area contributed by atoms with Gasteiger partial charge in [0.2, 0.25) is 0 Å². The minimum Gasteiger partial charge on any atom is -0.380 e. The molecule has 0 heterocycles. The van der Waals surface area contributed by atoms with E-state index in [-0.39, 0.29) is 6.03 Å². The maximum atomic E-state index is 10.6. The summed E-state index contributed by atoms with van der Waals surface area (Å²) in [6.07, 6.45) is 0. The van der Waals surface area contributed by atoms with Gasteiger partial charge in [0.05, 0.1) is 6.61 Å². The molecule has 0 aliphatic rings. The summed E-state index contributed by atoms with van der Waals surface area (Å²) in [7, 11) is 0. The number of ether oxygens (including phenoxy) is 1. The number of primary amides is 1. The first-order valence-corrected chi connectivity index (χ1v) is 3.84. The second-order valence-electron chi connectivity index (χ2n) is 2.11. The topological polar surface area (TPSA) is 55.6 Å². The second kappa shape index (κ2) is 5.97. The van der Waals surface area contributed by atoms with Crippen molar-refractivity contribution in [2.75, 3.05) is 26.3 Å². The molecule has 0 saturated carbocycles. The fourth-order valence-corrected chi connectivity index (χ4v) is 0.743. The third-order valence-corrected chi connectivity index (χ3v) is 1.40. The molecule has 11 heavy (non-hydrogen) atoms. The highest BCUT2D eigenvalue weighted by Crippen LogP contribution is 1.86. The maximum absolute atomic E-state index is 10.6. The summed E-state index contributed by atoms with van der Waals surface area (Å²) < 4.78 is 5.07. The van der Waals surface area contributed by atoms with Crippen LogP contribution in [-0.4, -0.2) is 37.2 Å². The van der Waals surface area contributed by atoms with Crippen LogP contribution in [0.15, 0.2) is 0 Å². The smallest absolute Gasteiger partial charge is 0.314 e. The van der Waals surface area contributed by atoms with E-state index in [9.17, 15) is 4.79 Å². The molecule has 2 amide bonds. The third-order valence-electron chi connectivity index (χ3n) is 1.40. The van der Waals surface area contributed by atoms with Crippen molar-refractivity contribution in [2.45, 2.75) is 13.8 Å². The minimum absolute atomic E-state index is 0.382. The maximum Gasteiger partial charge on any atom is 0.314 e. The van der Waals surface area contributed by atoms with E-state index in [0.29, 0.717) is 26.3 Å². The van der Waals surface area contributed by atoms with E-state index < -0.39 is 0 Å². The van der Waals surface area contributed by atoms with Gasteiger partial charge >= 0.3 is 6.03 Å². The van der Waals surface area contributed by atoms with Gasteiger partial charge in [0, 0.05) is 19.7 Å². The molecular weight excluding hydrogens is 144 g/mol. The first-order chi connectivity index (χ1) is 5.22. The van der Waals surface area contributed by atoms with E-state index in [0.717, 1.165) is 0 Å². The Bertz CT molecular complexity index is 117. The van der Waals surface area contributed by atoms with Crippen LogP contribution in [0, 0.1) is 0 Å². The van der Waals surface area contributed by atoms with Crippen LogP contribution >= 0.6 is 0 Å². The number of nitrogens with zero attached hydrogens (tertiary/aromatic N) is 1. The van der Waals surface area contributed by atoms with Crippen LogP contribution in [0.1, 0.15) is 13.8 Å². The van der Waals surface area contributed by atoms with Crippen LogP contribution < -0.4 is 5.73 Å². The van der Waals surface area contributed by atoms with E-state index in [1.807, 2.05) is 13.8 Å². The van der Waals surface area contributed by atoms with Crippen LogP contribution in [-0.2, 0) is 4.74 Å². The molecule has 4 nitrogen and oxygen atoms in total. The van der Waals surface area contributed by atoms with E-state index in [1.165, 1.54) is 4.90 Å². The predicted molar refractivity (Wildman–Crippen MR) is 43.3 cm³/mol. The first kappa shape index (κ1) is 10.2. The highest BCUT2D eigenvalue weighted by atomic mass is 16.5. The molecule has 0 aromatic rings. The lowest BCUT2D eigenvalue weighted by Crippen LogP contribution is -2.37. The summed E-state index contributed by atoms with van der Waals surface area (Å²) in [6.45, 7) is 6.27. The summed E-state index contributed by atoms with van der Waals surface area (Å²) in [5.74, 6) is 0. The van der Waals surface area contributed by atoms with Crippen molar-refractivity contribution in [1.82, 2.24) is 4.90 Å². The summed E-state index contributed by atoms with van der Waals surface area (Å²) in [5.41, 5.74) is 5.06. The van der Waals surface area contributed by atoms with Crippen molar-refractivity contribution >= 4 is 6.03 Å². The Morgan fingerprint density at radius 3 is 2.55 bits per heavy atom. The van der Waals surface area contributed by atoms with Crippen LogP contribution in [0.3, 0.4) is 0 Å². The zero-order valence-electron chi connectivity index (χ0n) is 7.17. The van der Waals surface area contributed by atoms with Crippen LogP contribution in [0.2, 0.25) is 0 Å². The van der Waals surface area contributed by atoms with Gasteiger partial charge in [0.25, 0.3) is 0 Å². The lowest BCUT2D eigenvalue weighted by Gasteiger charge is -2.17. The van der Waals surface area contributed by atoms with Gasteiger partial charge in [-0.15, -0.1) is 0 Å². The largest absolute Gasteiger partial charge is 0.380 e. The van der Waals surface area contributed by atoms with Crippen LogP contribution in [0.4, 0.5) is 4.79 Å². The molecule has 0 aliphatic heterocycles. The molecule has 2 N–H and O–H groups in total. The minimum atomic E-state index is -0.382. The number of carbonyl (C=O) groups is 1. The van der Waals surface area contributed by atoms with E-state index >= 15 is 0 Å². The zero-order chi connectivity index (χ0) is 8.69. The fraction of sp³-hybridized carbons (Fsp3) is 0.857. The quantitative estimate of drug-likeness (QED) is 0.593. The molecule has 0 aromatic carbocycles. The first-order valence-electron chi connectivity index (χ1n) is 3.84. The van der Waals surface area contributed by atoms with Gasteiger partial charge in [-0.2, -0.15) is 0 Å². The van der Waals surface area contributed by atoms with Crippen LogP contribution in [0.5, 0.6) is 0 Å². The molecule has 0 spiro atoms. The van der Waals surface area contributed by atoms with Crippen molar-refractivity contribution in [3.05, 3.63) is 0 Å². The van der Waals surface area contributed by atoms with E-state index in [4.69, 9.17) is 10.5 Å². The standard InChI is InChI=1S/C7H16N2O2/c1-3-9(7(8)10)5-6-11-4-2/h3-6H2,1-2H3,(H2,8,10). The number of carbonyl (C=O) groups excluding carboxylic acids is 1. The molecule has 0 radical (unpaired) electrons. The summed E-state index contributed by atoms with van der Waals surface area (Å²) >= 11 is 0. The van der Waals surface area contributed by atoms with E-state index in [1.54, 1.807) is 0 Å². The number of urea groups is 1. The Morgan fingerprint density at radius 1 is 1.55 bits per heavy atom. The van der Waals surface area contributed by atoms with Gasteiger partial charge in [0.1, 0.15) is 0 Å². The number of hydrogen-bond acceptors (Lipinski definition) is 2. The number of nitrogens with two attached hydrogens (primary N) is 1. The Hall–Kier alpha value is -0.770. The second-order valence-corrected chi connectivity index (χ2v) is 2.11. The Kier molecular flexibility index (Phi) is 5.56. The lowest BCUT2D eigenvalue weighted by atomic mass is 10.5. The third kappa shape index (κ3) is 4.61. The Balaban J connectivity index is 3.44. The molecule has 66 valence electrons. The van der Waals surface area contributed by atoms with Crippen molar-refractivity contribution < 1.29 is 9.53 Å². The highest BCUT2D eigenvalue weighted by Gasteiger charge is 2.04. The molecule has 0 atom stereocenters. The average molecular weight is 160 g/mol. The van der Waals surface area contributed by atoms with E-state index in [2.05, 4.69) is 0 Å². The molecule has 0 aliphatic carbocycles. The van der Waals surface area contributed by atoms with Crippen molar-refractivity contribution in [2.24, 2.45) is 5.73 Å². The van der Waals surface area contributed by atoms with Gasteiger partial charge in [0.15, 0.2) is 0 Å². The number of hydrogen-bond donors (Lipinski definition) is 1. The molecular formula is C7H16N2O2. The molecule has 4 heteroatoms. The van der Waals surface area contributed by atoms with Gasteiger partial charge in [-0.05, 0) is 13.8 Å². The zero-order valence-corrected chi connectivity index (χ0v) is 7.17. The van der Waals surface area contributed by atoms with Crippen molar-refractivity contribution in [3.63, 3.8) is 0 Å².